The van der Waals surface area contributed by atoms with Crippen LogP contribution in [0.5, 0.6) is 0 Å². The number of likely N-dealkylation sites (tertiary alicyclic amines) is 1. The molecule has 0 saturated carbocycles. The van der Waals surface area contributed by atoms with E-state index < -0.39 is 0 Å². The Morgan fingerprint density at radius 2 is 2.32 bits per heavy atom. The molecule has 2 atom stereocenters. The molecule has 0 radical (unpaired) electrons. The molecule has 2 amide bonds. The number of amides is 2. The van der Waals surface area contributed by atoms with Crippen LogP contribution < -0.4 is 10.6 Å². The number of piperidine rings is 1. The number of pyridine rings is 1. The third-order valence-electron chi connectivity index (χ3n) is 4.33. The minimum atomic E-state index is -0.0594. The topological polar surface area (TPSA) is 74.3 Å². The van der Waals surface area contributed by atoms with Gasteiger partial charge in [-0.05, 0) is 38.8 Å². The van der Waals surface area contributed by atoms with E-state index in [0.29, 0.717) is 24.5 Å². The minimum absolute atomic E-state index is 0.0270. The maximum absolute atomic E-state index is 13.0. The van der Waals surface area contributed by atoms with Gasteiger partial charge >= 0.3 is 0 Å². The minimum Gasteiger partial charge on any atom is -0.367 e. The lowest BCUT2D eigenvalue weighted by molar-refractivity contribution is -0.123. The van der Waals surface area contributed by atoms with Crippen LogP contribution in [0.2, 0.25) is 0 Å². The molecule has 2 aliphatic rings. The fraction of sp³-hybridized carbons (Fsp3) is 0.562. The van der Waals surface area contributed by atoms with Gasteiger partial charge < -0.3 is 15.5 Å². The number of nitrogens with one attached hydrogen (secondary N) is 2. The molecule has 0 bridgehead atoms. The molecule has 2 aliphatic heterocycles. The summed E-state index contributed by atoms with van der Waals surface area (Å²) in [5, 5.41) is 6.10. The summed E-state index contributed by atoms with van der Waals surface area (Å²) in [4.78, 5) is 30.9. The first-order valence-corrected chi connectivity index (χ1v) is 7.88. The Morgan fingerprint density at radius 1 is 1.50 bits per heavy atom. The van der Waals surface area contributed by atoms with E-state index in [0.717, 1.165) is 12.8 Å². The third-order valence-corrected chi connectivity index (χ3v) is 4.33. The average Bonchev–Trinajstić information content (AvgIpc) is 2.88. The first-order valence-electron chi connectivity index (χ1n) is 7.88. The van der Waals surface area contributed by atoms with Crippen LogP contribution in [0.25, 0.3) is 0 Å². The van der Waals surface area contributed by atoms with Crippen molar-refractivity contribution in [1.82, 2.24) is 15.2 Å². The number of carbonyl (C=O) groups excluding carboxylic acids is 2. The molecule has 3 heterocycles. The second-order valence-electron chi connectivity index (χ2n) is 6.26. The van der Waals surface area contributed by atoms with Crippen LogP contribution in [0.3, 0.4) is 0 Å². The number of fused-ring (bicyclic) bond motifs is 1. The van der Waals surface area contributed by atoms with Crippen molar-refractivity contribution in [3.8, 4) is 0 Å². The predicted octanol–water partition coefficient (Wildman–Crippen LogP) is 1.25. The van der Waals surface area contributed by atoms with Crippen LogP contribution in [-0.2, 0) is 4.79 Å². The van der Waals surface area contributed by atoms with Crippen molar-refractivity contribution in [2.45, 2.75) is 38.8 Å². The molecule has 2 fully saturated rings. The lowest BCUT2D eigenvalue weighted by atomic mass is 9.91. The van der Waals surface area contributed by atoms with E-state index >= 15 is 0 Å². The van der Waals surface area contributed by atoms with Crippen LogP contribution in [-0.4, -0.2) is 46.9 Å². The van der Waals surface area contributed by atoms with Gasteiger partial charge in [0, 0.05) is 25.3 Å². The molecule has 6 nitrogen and oxygen atoms in total. The van der Waals surface area contributed by atoms with Crippen LogP contribution in [0.15, 0.2) is 18.3 Å². The lowest BCUT2D eigenvalue weighted by Gasteiger charge is -2.36. The summed E-state index contributed by atoms with van der Waals surface area (Å²) in [6.45, 7) is 5.28. The van der Waals surface area contributed by atoms with E-state index in [4.69, 9.17) is 0 Å². The van der Waals surface area contributed by atoms with E-state index in [9.17, 15) is 9.59 Å². The molecule has 0 unspecified atom stereocenters. The molecule has 2 N–H and O–H groups in total. The van der Waals surface area contributed by atoms with Crippen LogP contribution in [0.1, 0.15) is 37.0 Å². The second-order valence-corrected chi connectivity index (χ2v) is 6.26. The monoisotopic (exact) mass is 302 g/mol. The first-order chi connectivity index (χ1) is 10.6. The Bertz CT molecular complexity index is 587. The highest BCUT2D eigenvalue weighted by molar-refractivity contribution is 5.99. The number of anilines is 1. The predicted molar refractivity (Wildman–Crippen MR) is 83.6 cm³/mol. The van der Waals surface area contributed by atoms with Gasteiger partial charge in [0.1, 0.15) is 5.82 Å². The molecule has 1 aromatic rings. The number of carbonyl (C=O) groups is 2. The van der Waals surface area contributed by atoms with Gasteiger partial charge in [-0.25, -0.2) is 4.98 Å². The Kier molecular flexibility index (Phi) is 4.00. The highest BCUT2D eigenvalue weighted by Gasteiger charge is 2.43. The molecule has 6 heteroatoms. The average molecular weight is 302 g/mol. The maximum atomic E-state index is 13.0. The molecular weight excluding hydrogens is 280 g/mol. The van der Waals surface area contributed by atoms with E-state index in [1.165, 1.54) is 0 Å². The zero-order chi connectivity index (χ0) is 15.7. The highest BCUT2D eigenvalue weighted by Crippen LogP contribution is 2.29. The molecular formula is C16H22N4O2. The Morgan fingerprint density at radius 3 is 3.09 bits per heavy atom. The molecule has 22 heavy (non-hydrogen) atoms. The van der Waals surface area contributed by atoms with Gasteiger partial charge in [-0.2, -0.15) is 0 Å². The van der Waals surface area contributed by atoms with Gasteiger partial charge in [-0.1, -0.05) is 0 Å². The van der Waals surface area contributed by atoms with Crippen molar-refractivity contribution in [3.05, 3.63) is 23.9 Å². The fourth-order valence-electron chi connectivity index (χ4n) is 3.32. The van der Waals surface area contributed by atoms with Gasteiger partial charge in [0.2, 0.25) is 5.91 Å². The second kappa shape index (κ2) is 5.94. The Hall–Kier alpha value is -2.11. The summed E-state index contributed by atoms with van der Waals surface area (Å²) in [7, 11) is 0. The molecule has 0 aliphatic carbocycles. The summed E-state index contributed by atoms with van der Waals surface area (Å²) >= 11 is 0. The van der Waals surface area contributed by atoms with E-state index in [1.54, 1.807) is 18.3 Å². The maximum Gasteiger partial charge on any atom is 0.257 e. The fourth-order valence-corrected chi connectivity index (χ4v) is 3.32. The summed E-state index contributed by atoms with van der Waals surface area (Å²) in [5.74, 6) is 0.592. The van der Waals surface area contributed by atoms with Crippen LogP contribution in [0.4, 0.5) is 5.82 Å². The number of aromatic nitrogens is 1. The van der Waals surface area contributed by atoms with Crippen molar-refractivity contribution in [2.75, 3.05) is 18.4 Å². The molecule has 0 spiro atoms. The number of nitrogens with zero attached hydrogens (tertiary/aromatic N) is 2. The van der Waals surface area contributed by atoms with Crippen LogP contribution in [0, 0.1) is 5.92 Å². The number of hydrogen-bond acceptors (Lipinski definition) is 4. The quantitative estimate of drug-likeness (QED) is 0.881. The number of rotatable bonds is 3. The summed E-state index contributed by atoms with van der Waals surface area (Å²) < 4.78 is 0. The SMILES string of the molecule is CC(C)Nc1ncccc1C(=O)N1CCC[C@H]2C(=O)NC[C@H]21. The zero-order valence-electron chi connectivity index (χ0n) is 13.0. The van der Waals surface area contributed by atoms with Crippen LogP contribution >= 0.6 is 0 Å². The van der Waals surface area contributed by atoms with Crippen molar-refractivity contribution in [1.29, 1.82) is 0 Å². The van der Waals surface area contributed by atoms with Gasteiger partial charge in [-0.15, -0.1) is 0 Å². The third kappa shape index (κ3) is 2.65. The summed E-state index contributed by atoms with van der Waals surface area (Å²) in [5.41, 5.74) is 0.580. The smallest absolute Gasteiger partial charge is 0.257 e. The van der Waals surface area contributed by atoms with E-state index in [-0.39, 0.29) is 29.8 Å². The van der Waals surface area contributed by atoms with Gasteiger partial charge in [0.25, 0.3) is 5.91 Å². The van der Waals surface area contributed by atoms with Crippen molar-refractivity contribution in [3.63, 3.8) is 0 Å². The normalized spacial score (nSPS) is 24.1. The molecule has 1 aromatic heterocycles. The van der Waals surface area contributed by atoms with Crippen molar-refractivity contribution < 1.29 is 9.59 Å². The number of hydrogen-bond donors (Lipinski definition) is 2. The van der Waals surface area contributed by atoms with Crippen molar-refractivity contribution >= 4 is 17.6 Å². The van der Waals surface area contributed by atoms with Gasteiger partial charge in [0.15, 0.2) is 0 Å². The Labute approximate surface area is 130 Å². The molecule has 3 rings (SSSR count). The molecule has 0 aromatic carbocycles. The van der Waals surface area contributed by atoms with Gasteiger partial charge in [0.05, 0.1) is 17.5 Å². The molecule has 2 saturated heterocycles. The van der Waals surface area contributed by atoms with Gasteiger partial charge in [-0.3, -0.25) is 9.59 Å². The van der Waals surface area contributed by atoms with Crippen molar-refractivity contribution in [2.24, 2.45) is 5.92 Å². The molecule has 118 valence electrons. The van der Waals surface area contributed by atoms with E-state index in [2.05, 4.69) is 15.6 Å². The standard InChI is InChI=1S/C16H22N4O2/c1-10(2)19-14-12(5-3-7-17-14)16(22)20-8-4-6-11-13(20)9-18-15(11)21/h3,5,7,10-11,13H,4,6,8-9H2,1-2H3,(H,17,19)(H,18,21)/t11-,13-/m1/s1. The highest BCUT2D eigenvalue weighted by atomic mass is 16.2. The first kappa shape index (κ1) is 14.8. The zero-order valence-corrected chi connectivity index (χ0v) is 13.0. The van der Waals surface area contributed by atoms with E-state index in [1.807, 2.05) is 18.7 Å². The lowest BCUT2D eigenvalue weighted by Crippen LogP contribution is -2.48. The summed E-state index contributed by atoms with van der Waals surface area (Å²) in [6.07, 6.45) is 3.42. The largest absolute Gasteiger partial charge is 0.367 e. The Balaban J connectivity index is 1.86. The summed E-state index contributed by atoms with van der Waals surface area (Å²) in [6, 6.07) is 3.75.